The van der Waals surface area contributed by atoms with E-state index >= 15 is 0 Å². The van der Waals surface area contributed by atoms with Crippen molar-refractivity contribution in [2.75, 3.05) is 0 Å². The van der Waals surface area contributed by atoms with E-state index in [4.69, 9.17) is 4.42 Å². The molecule has 0 N–H and O–H groups in total. The lowest BCUT2D eigenvalue weighted by atomic mass is 10.1. The third kappa shape index (κ3) is 2.21. The second-order valence-corrected chi connectivity index (χ2v) is 4.84. The minimum absolute atomic E-state index is 0.607. The highest BCUT2D eigenvalue weighted by Gasteiger charge is 2.09. The summed E-state index contributed by atoms with van der Waals surface area (Å²) in [5.41, 5.74) is 4.84. The van der Waals surface area contributed by atoms with Gasteiger partial charge in [-0.05, 0) is 35.4 Å². The Kier molecular flexibility index (Phi) is 2.79. The van der Waals surface area contributed by atoms with Crippen molar-refractivity contribution in [1.82, 2.24) is 4.98 Å². The predicted molar refractivity (Wildman–Crippen MR) is 83.7 cm³/mol. The van der Waals surface area contributed by atoms with Gasteiger partial charge in [0, 0.05) is 5.56 Å². The van der Waals surface area contributed by atoms with Gasteiger partial charge in [-0.2, -0.15) is 0 Å². The molecule has 99 valence electrons. The summed E-state index contributed by atoms with van der Waals surface area (Å²) in [5.74, 6) is 0.607. The summed E-state index contributed by atoms with van der Waals surface area (Å²) < 4.78 is 5.80. The number of rotatable bonds is 2. The molecule has 0 unspecified atom stereocenters. The van der Waals surface area contributed by atoms with Gasteiger partial charge in [0.2, 0.25) is 5.89 Å². The Bertz CT molecular complexity index is 842. The van der Waals surface area contributed by atoms with Crippen LogP contribution in [0, 0.1) is 6.07 Å². The van der Waals surface area contributed by atoms with Crippen molar-refractivity contribution < 1.29 is 4.42 Å². The first kappa shape index (κ1) is 11.9. The molecule has 4 rings (SSSR count). The van der Waals surface area contributed by atoms with Crippen molar-refractivity contribution >= 4 is 11.1 Å². The summed E-state index contributed by atoms with van der Waals surface area (Å²) in [6.07, 6.45) is 0. The summed E-state index contributed by atoms with van der Waals surface area (Å²) >= 11 is 0. The zero-order valence-corrected chi connectivity index (χ0v) is 11.3. The van der Waals surface area contributed by atoms with Crippen LogP contribution in [0.2, 0.25) is 0 Å². The molecule has 0 fully saturated rings. The van der Waals surface area contributed by atoms with Crippen LogP contribution in [0.1, 0.15) is 0 Å². The molecule has 0 aliphatic heterocycles. The van der Waals surface area contributed by atoms with Gasteiger partial charge in [0.15, 0.2) is 5.58 Å². The van der Waals surface area contributed by atoms with Crippen LogP contribution < -0.4 is 0 Å². The second kappa shape index (κ2) is 4.91. The Morgan fingerprint density at radius 1 is 0.810 bits per heavy atom. The van der Waals surface area contributed by atoms with Gasteiger partial charge in [0.1, 0.15) is 5.52 Å². The van der Waals surface area contributed by atoms with E-state index < -0.39 is 0 Å². The van der Waals surface area contributed by atoms with Crippen molar-refractivity contribution in [2.45, 2.75) is 0 Å². The molecule has 0 saturated heterocycles. The molecule has 0 spiro atoms. The maximum absolute atomic E-state index is 5.80. The Morgan fingerprint density at radius 3 is 2.48 bits per heavy atom. The normalized spacial score (nSPS) is 10.9. The lowest BCUT2D eigenvalue weighted by molar-refractivity contribution is 0.620. The Hall–Kier alpha value is -2.87. The maximum atomic E-state index is 5.80. The first-order chi connectivity index (χ1) is 10.4. The van der Waals surface area contributed by atoms with Crippen molar-refractivity contribution in [1.29, 1.82) is 0 Å². The molecule has 2 heteroatoms. The van der Waals surface area contributed by atoms with E-state index in [0.717, 1.165) is 22.2 Å². The van der Waals surface area contributed by atoms with E-state index in [2.05, 4.69) is 35.3 Å². The van der Waals surface area contributed by atoms with Crippen LogP contribution in [0.3, 0.4) is 0 Å². The fourth-order valence-electron chi connectivity index (χ4n) is 2.38. The van der Waals surface area contributed by atoms with E-state index in [-0.39, 0.29) is 0 Å². The van der Waals surface area contributed by atoms with Crippen molar-refractivity contribution in [3.8, 4) is 22.6 Å². The van der Waals surface area contributed by atoms with E-state index in [0.29, 0.717) is 5.89 Å². The molecule has 0 bridgehead atoms. The minimum Gasteiger partial charge on any atom is -0.436 e. The molecule has 0 amide bonds. The largest absolute Gasteiger partial charge is 0.436 e. The second-order valence-electron chi connectivity index (χ2n) is 4.84. The molecule has 0 aliphatic carbocycles. The van der Waals surface area contributed by atoms with E-state index in [9.17, 15) is 0 Å². The van der Waals surface area contributed by atoms with Gasteiger partial charge in [0.05, 0.1) is 0 Å². The van der Waals surface area contributed by atoms with E-state index in [1.54, 1.807) is 0 Å². The van der Waals surface area contributed by atoms with Crippen molar-refractivity contribution in [2.24, 2.45) is 0 Å². The Balaban J connectivity index is 1.82. The van der Waals surface area contributed by atoms with Gasteiger partial charge >= 0.3 is 0 Å². The summed E-state index contributed by atoms with van der Waals surface area (Å²) in [6.45, 7) is 0. The zero-order valence-electron chi connectivity index (χ0n) is 11.3. The minimum atomic E-state index is 0.607. The monoisotopic (exact) mass is 270 g/mol. The molecule has 1 radical (unpaired) electrons. The number of oxazole rings is 1. The topological polar surface area (TPSA) is 26.0 Å². The first-order valence-corrected chi connectivity index (χ1v) is 6.83. The van der Waals surface area contributed by atoms with Crippen LogP contribution in [0.15, 0.2) is 77.2 Å². The van der Waals surface area contributed by atoms with Crippen LogP contribution in [0.4, 0.5) is 0 Å². The van der Waals surface area contributed by atoms with Gasteiger partial charge in [-0.15, -0.1) is 0 Å². The molecular weight excluding hydrogens is 258 g/mol. The SMILES string of the molecule is [c]1ccccc1-c1nc2cc(-c3ccccc3)ccc2o1. The van der Waals surface area contributed by atoms with E-state index in [1.807, 2.05) is 48.5 Å². The number of nitrogens with zero attached hydrogens (tertiary/aromatic N) is 1. The highest BCUT2D eigenvalue weighted by molar-refractivity contribution is 5.82. The average Bonchev–Trinajstić information content (AvgIpc) is 2.99. The Labute approximate surface area is 122 Å². The van der Waals surface area contributed by atoms with Crippen molar-refractivity contribution in [3.05, 3.63) is 78.9 Å². The van der Waals surface area contributed by atoms with Gasteiger partial charge in [-0.25, -0.2) is 4.98 Å². The molecular formula is C19H12NO. The summed E-state index contributed by atoms with van der Waals surface area (Å²) in [6, 6.07) is 27.2. The summed E-state index contributed by atoms with van der Waals surface area (Å²) in [5, 5.41) is 0. The van der Waals surface area contributed by atoms with Crippen molar-refractivity contribution in [3.63, 3.8) is 0 Å². The lowest BCUT2D eigenvalue weighted by Gasteiger charge is -1.99. The molecule has 0 atom stereocenters. The summed E-state index contributed by atoms with van der Waals surface area (Å²) in [7, 11) is 0. The first-order valence-electron chi connectivity index (χ1n) is 6.83. The highest BCUT2D eigenvalue weighted by Crippen LogP contribution is 2.27. The molecule has 21 heavy (non-hydrogen) atoms. The van der Waals surface area contributed by atoms with Crippen LogP contribution in [-0.4, -0.2) is 4.98 Å². The third-order valence-electron chi connectivity index (χ3n) is 3.43. The lowest BCUT2D eigenvalue weighted by Crippen LogP contribution is -1.77. The zero-order chi connectivity index (χ0) is 14.1. The molecule has 0 saturated carbocycles. The fourth-order valence-corrected chi connectivity index (χ4v) is 2.38. The predicted octanol–water partition coefficient (Wildman–Crippen LogP) is 4.96. The third-order valence-corrected chi connectivity index (χ3v) is 3.43. The van der Waals surface area contributed by atoms with Gasteiger partial charge in [-0.3, -0.25) is 0 Å². The number of hydrogen-bond acceptors (Lipinski definition) is 2. The van der Waals surface area contributed by atoms with Crippen LogP contribution in [-0.2, 0) is 0 Å². The number of hydrogen-bond donors (Lipinski definition) is 0. The van der Waals surface area contributed by atoms with Gasteiger partial charge < -0.3 is 4.42 Å². The number of aromatic nitrogens is 1. The number of fused-ring (bicyclic) bond motifs is 1. The standard InChI is InChI=1S/C19H12NO/c1-3-7-14(8-4-1)16-11-12-18-17(13-16)20-19(21-18)15-9-5-2-6-10-15/h1-9,11-13H. The summed E-state index contributed by atoms with van der Waals surface area (Å²) in [4.78, 5) is 4.57. The number of benzene rings is 3. The van der Waals surface area contributed by atoms with Crippen LogP contribution in [0.25, 0.3) is 33.7 Å². The molecule has 1 heterocycles. The Morgan fingerprint density at radius 2 is 1.67 bits per heavy atom. The molecule has 4 aromatic rings. The van der Waals surface area contributed by atoms with E-state index in [1.165, 1.54) is 5.56 Å². The smallest absolute Gasteiger partial charge is 0.227 e. The van der Waals surface area contributed by atoms with Crippen LogP contribution >= 0.6 is 0 Å². The molecule has 2 nitrogen and oxygen atoms in total. The molecule has 3 aromatic carbocycles. The fraction of sp³-hybridized carbons (Fsp3) is 0. The van der Waals surface area contributed by atoms with Gasteiger partial charge in [0.25, 0.3) is 0 Å². The molecule has 0 aliphatic rings. The maximum Gasteiger partial charge on any atom is 0.227 e. The van der Waals surface area contributed by atoms with Gasteiger partial charge in [-0.1, -0.05) is 54.6 Å². The van der Waals surface area contributed by atoms with Crippen LogP contribution in [0.5, 0.6) is 0 Å². The molecule has 1 aromatic heterocycles. The average molecular weight is 270 g/mol. The highest BCUT2D eigenvalue weighted by atomic mass is 16.3. The quantitative estimate of drug-likeness (QED) is 0.514.